The molecule has 1 aliphatic heterocycles. The van der Waals surface area contributed by atoms with E-state index in [1.54, 1.807) is 24.3 Å². The Balaban J connectivity index is 1.56. The van der Waals surface area contributed by atoms with E-state index in [1.807, 2.05) is 0 Å². The van der Waals surface area contributed by atoms with Gasteiger partial charge in [-0.2, -0.15) is 0 Å². The van der Waals surface area contributed by atoms with E-state index in [9.17, 15) is 19.2 Å². The standard InChI is InChI=1S/C21H19N3O5/c1-12-16-5-3-4-6-17(16)21(28)24(12)11-18(25)29-13(2)20(27)23-15-9-7-14(8-10-15)19(22)26/h3-10,13H,1,11H2,2H3,(H2,22,26)(H,23,27)/t13-/m0/s1. The maximum atomic E-state index is 12.4. The Morgan fingerprint density at radius 3 is 2.31 bits per heavy atom. The first-order chi connectivity index (χ1) is 13.8. The Kier molecular flexibility index (Phi) is 5.45. The lowest BCUT2D eigenvalue weighted by atomic mass is 10.1. The van der Waals surface area contributed by atoms with Gasteiger partial charge in [0, 0.05) is 28.1 Å². The highest BCUT2D eigenvalue weighted by Gasteiger charge is 2.33. The molecule has 148 valence electrons. The molecule has 0 spiro atoms. The van der Waals surface area contributed by atoms with Gasteiger partial charge in [0.1, 0.15) is 6.54 Å². The molecule has 1 aliphatic rings. The van der Waals surface area contributed by atoms with Crippen LogP contribution in [-0.4, -0.2) is 41.2 Å². The summed E-state index contributed by atoms with van der Waals surface area (Å²) < 4.78 is 5.14. The third-order valence-electron chi connectivity index (χ3n) is 4.44. The molecule has 0 saturated carbocycles. The fourth-order valence-corrected chi connectivity index (χ4v) is 2.88. The first-order valence-corrected chi connectivity index (χ1v) is 8.78. The zero-order valence-electron chi connectivity index (χ0n) is 15.7. The Labute approximate surface area is 166 Å². The SMILES string of the molecule is C=C1c2ccccc2C(=O)N1CC(=O)O[C@@H](C)C(=O)Nc1ccc(C(N)=O)cc1. The van der Waals surface area contributed by atoms with Crippen LogP contribution >= 0.6 is 0 Å². The van der Waals surface area contributed by atoms with Gasteiger partial charge in [-0.25, -0.2) is 0 Å². The molecule has 3 amide bonds. The summed E-state index contributed by atoms with van der Waals surface area (Å²) in [7, 11) is 0. The van der Waals surface area contributed by atoms with Gasteiger partial charge in [0.15, 0.2) is 6.10 Å². The first kappa shape index (κ1) is 19.8. The minimum Gasteiger partial charge on any atom is -0.451 e. The van der Waals surface area contributed by atoms with Gasteiger partial charge in [-0.05, 0) is 37.3 Å². The number of nitrogens with zero attached hydrogens (tertiary/aromatic N) is 1. The molecule has 8 heteroatoms. The van der Waals surface area contributed by atoms with Gasteiger partial charge in [0.25, 0.3) is 11.8 Å². The molecule has 0 unspecified atom stereocenters. The molecular weight excluding hydrogens is 374 g/mol. The molecule has 3 rings (SSSR count). The number of fused-ring (bicyclic) bond motifs is 1. The molecule has 1 atom stereocenters. The van der Waals surface area contributed by atoms with Gasteiger partial charge >= 0.3 is 5.97 Å². The summed E-state index contributed by atoms with van der Waals surface area (Å²) in [6.45, 7) is 4.92. The van der Waals surface area contributed by atoms with E-state index < -0.39 is 23.9 Å². The van der Waals surface area contributed by atoms with Crippen LogP contribution in [0.15, 0.2) is 55.1 Å². The number of benzene rings is 2. The summed E-state index contributed by atoms with van der Waals surface area (Å²) in [6, 6.07) is 12.9. The van der Waals surface area contributed by atoms with Crippen molar-refractivity contribution in [1.82, 2.24) is 4.90 Å². The average molecular weight is 393 g/mol. The van der Waals surface area contributed by atoms with Crippen LogP contribution in [0.4, 0.5) is 5.69 Å². The van der Waals surface area contributed by atoms with Gasteiger partial charge in [0.05, 0.1) is 0 Å². The maximum absolute atomic E-state index is 12.4. The highest BCUT2D eigenvalue weighted by atomic mass is 16.5. The Hall–Kier alpha value is -3.94. The molecular formula is C21H19N3O5. The third kappa shape index (κ3) is 4.16. The van der Waals surface area contributed by atoms with E-state index in [4.69, 9.17) is 10.5 Å². The molecule has 0 saturated heterocycles. The minimum absolute atomic E-state index is 0.305. The predicted molar refractivity (Wildman–Crippen MR) is 106 cm³/mol. The second-order valence-corrected chi connectivity index (χ2v) is 6.45. The number of primary amides is 1. The molecule has 8 nitrogen and oxygen atoms in total. The van der Waals surface area contributed by atoms with Gasteiger partial charge < -0.3 is 15.8 Å². The molecule has 2 aromatic carbocycles. The number of amides is 3. The molecule has 1 heterocycles. The van der Waals surface area contributed by atoms with Crippen molar-refractivity contribution < 1.29 is 23.9 Å². The van der Waals surface area contributed by atoms with E-state index in [0.29, 0.717) is 28.1 Å². The number of nitrogens with one attached hydrogen (secondary N) is 1. The minimum atomic E-state index is -1.09. The third-order valence-corrected chi connectivity index (χ3v) is 4.44. The number of ether oxygens (including phenoxy) is 1. The van der Waals surface area contributed by atoms with Crippen molar-refractivity contribution in [1.29, 1.82) is 0 Å². The fraction of sp³-hybridized carbons (Fsp3) is 0.143. The van der Waals surface area contributed by atoms with Crippen LogP contribution in [0.5, 0.6) is 0 Å². The van der Waals surface area contributed by atoms with Crippen molar-refractivity contribution in [3.8, 4) is 0 Å². The van der Waals surface area contributed by atoms with Gasteiger partial charge in [-0.1, -0.05) is 24.8 Å². The highest BCUT2D eigenvalue weighted by Crippen LogP contribution is 2.30. The van der Waals surface area contributed by atoms with Crippen molar-refractivity contribution in [3.05, 3.63) is 71.8 Å². The lowest BCUT2D eigenvalue weighted by Gasteiger charge is -2.18. The predicted octanol–water partition coefficient (Wildman–Crippen LogP) is 1.78. The van der Waals surface area contributed by atoms with E-state index in [-0.39, 0.29) is 12.5 Å². The molecule has 0 radical (unpaired) electrons. The normalized spacial score (nSPS) is 13.6. The number of rotatable bonds is 6. The van der Waals surface area contributed by atoms with Crippen molar-refractivity contribution in [2.75, 3.05) is 11.9 Å². The number of hydrogen-bond donors (Lipinski definition) is 2. The van der Waals surface area contributed by atoms with Crippen molar-refractivity contribution >= 4 is 35.1 Å². The average Bonchev–Trinajstić information content (AvgIpc) is 2.93. The Morgan fingerprint density at radius 1 is 1.10 bits per heavy atom. The fourth-order valence-electron chi connectivity index (χ4n) is 2.88. The number of esters is 1. The van der Waals surface area contributed by atoms with Crippen LogP contribution in [0.25, 0.3) is 5.70 Å². The molecule has 2 aromatic rings. The van der Waals surface area contributed by atoms with Crippen LogP contribution < -0.4 is 11.1 Å². The molecule has 0 bridgehead atoms. The van der Waals surface area contributed by atoms with Crippen LogP contribution in [0.2, 0.25) is 0 Å². The first-order valence-electron chi connectivity index (χ1n) is 8.78. The summed E-state index contributed by atoms with van der Waals surface area (Å²) >= 11 is 0. The molecule has 3 N–H and O–H groups in total. The van der Waals surface area contributed by atoms with E-state index in [2.05, 4.69) is 11.9 Å². The van der Waals surface area contributed by atoms with Crippen LogP contribution in [0, 0.1) is 0 Å². The Morgan fingerprint density at radius 2 is 1.72 bits per heavy atom. The van der Waals surface area contributed by atoms with Crippen molar-refractivity contribution in [3.63, 3.8) is 0 Å². The van der Waals surface area contributed by atoms with Gasteiger partial charge in [-0.3, -0.25) is 24.1 Å². The largest absolute Gasteiger partial charge is 0.451 e. The zero-order chi connectivity index (χ0) is 21.1. The zero-order valence-corrected chi connectivity index (χ0v) is 15.7. The molecule has 29 heavy (non-hydrogen) atoms. The van der Waals surface area contributed by atoms with Gasteiger partial charge in [0.2, 0.25) is 5.91 Å². The summed E-state index contributed by atoms with van der Waals surface area (Å²) in [5, 5.41) is 2.57. The second kappa shape index (κ2) is 7.97. The maximum Gasteiger partial charge on any atom is 0.326 e. The number of nitrogens with two attached hydrogens (primary N) is 1. The van der Waals surface area contributed by atoms with Crippen LogP contribution in [0.3, 0.4) is 0 Å². The van der Waals surface area contributed by atoms with Crippen molar-refractivity contribution in [2.45, 2.75) is 13.0 Å². The lowest BCUT2D eigenvalue weighted by molar-refractivity contribution is -0.153. The highest BCUT2D eigenvalue weighted by molar-refractivity contribution is 6.10. The number of hydrogen-bond acceptors (Lipinski definition) is 5. The lowest BCUT2D eigenvalue weighted by Crippen LogP contribution is -2.35. The van der Waals surface area contributed by atoms with E-state index in [0.717, 1.165) is 0 Å². The number of carbonyl (C=O) groups excluding carboxylic acids is 4. The number of anilines is 1. The van der Waals surface area contributed by atoms with Crippen LogP contribution in [0.1, 0.15) is 33.2 Å². The summed E-state index contributed by atoms with van der Waals surface area (Å²) in [6.07, 6.45) is -1.09. The van der Waals surface area contributed by atoms with Crippen LogP contribution in [-0.2, 0) is 14.3 Å². The van der Waals surface area contributed by atoms with E-state index >= 15 is 0 Å². The smallest absolute Gasteiger partial charge is 0.326 e. The summed E-state index contributed by atoms with van der Waals surface area (Å²) in [5.74, 6) is -2.21. The second-order valence-electron chi connectivity index (χ2n) is 6.45. The summed E-state index contributed by atoms with van der Waals surface area (Å²) in [5.41, 5.74) is 7.43. The van der Waals surface area contributed by atoms with Crippen molar-refractivity contribution in [2.24, 2.45) is 5.73 Å². The Bertz CT molecular complexity index is 978. The number of carbonyl (C=O) groups is 4. The monoisotopic (exact) mass is 393 g/mol. The summed E-state index contributed by atoms with van der Waals surface area (Å²) in [4.78, 5) is 49.2. The quantitative estimate of drug-likeness (QED) is 0.725. The van der Waals surface area contributed by atoms with E-state index in [1.165, 1.54) is 36.1 Å². The molecule has 0 aromatic heterocycles. The molecule has 0 aliphatic carbocycles. The topological polar surface area (TPSA) is 119 Å². The molecule has 0 fully saturated rings. The van der Waals surface area contributed by atoms with Gasteiger partial charge in [-0.15, -0.1) is 0 Å².